The fourth-order valence-electron chi connectivity index (χ4n) is 1.67. The van der Waals surface area contributed by atoms with Gasteiger partial charge in [0.1, 0.15) is 0 Å². The maximum atomic E-state index is 11.9. The predicted octanol–water partition coefficient (Wildman–Crippen LogP) is 1.20. The lowest BCUT2D eigenvalue weighted by Gasteiger charge is -2.24. The molecule has 1 N–H and O–H groups in total. The molecule has 5 nitrogen and oxygen atoms in total. The first-order chi connectivity index (χ1) is 8.56. The van der Waals surface area contributed by atoms with Gasteiger partial charge in [0.05, 0.1) is 13.0 Å². The number of nitrogens with zero attached hydrogens (tertiary/aromatic N) is 1. The number of carbonyl (C=O) groups is 2. The van der Waals surface area contributed by atoms with Crippen LogP contribution in [0.2, 0.25) is 0 Å². The summed E-state index contributed by atoms with van der Waals surface area (Å²) < 4.78 is 4.65. The molecular weight excluding hydrogens is 234 g/mol. The van der Waals surface area contributed by atoms with Crippen LogP contribution in [0, 0.1) is 5.92 Å². The molecule has 18 heavy (non-hydrogen) atoms. The third kappa shape index (κ3) is 6.59. The number of aliphatic hydroxyl groups is 1. The Morgan fingerprint density at radius 3 is 2.50 bits per heavy atom. The SMILES string of the molecule is CCCCC(=O)N(CCCO)CC(C)C(=O)OC. The summed E-state index contributed by atoms with van der Waals surface area (Å²) in [6, 6.07) is 0. The number of amides is 1. The molecule has 0 aromatic heterocycles. The van der Waals surface area contributed by atoms with Crippen molar-refractivity contribution >= 4 is 11.9 Å². The highest BCUT2D eigenvalue weighted by atomic mass is 16.5. The number of esters is 1. The van der Waals surface area contributed by atoms with Gasteiger partial charge in [-0.1, -0.05) is 20.3 Å². The van der Waals surface area contributed by atoms with E-state index in [1.807, 2.05) is 6.92 Å². The zero-order valence-corrected chi connectivity index (χ0v) is 11.6. The van der Waals surface area contributed by atoms with Crippen LogP contribution in [0.25, 0.3) is 0 Å². The molecule has 106 valence electrons. The van der Waals surface area contributed by atoms with Crippen molar-refractivity contribution in [1.29, 1.82) is 0 Å². The molecule has 1 unspecified atom stereocenters. The van der Waals surface area contributed by atoms with Gasteiger partial charge in [0.2, 0.25) is 5.91 Å². The van der Waals surface area contributed by atoms with Crippen LogP contribution in [0.5, 0.6) is 0 Å². The van der Waals surface area contributed by atoms with E-state index in [0.29, 0.717) is 25.9 Å². The lowest BCUT2D eigenvalue weighted by atomic mass is 10.1. The zero-order valence-electron chi connectivity index (χ0n) is 11.6. The van der Waals surface area contributed by atoms with Crippen molar-refractivity contribution in [2.24, 2.45) is 5.92 Å². The minimum Gasteiger partial charge on any atom is -0.469 e. The first-order valence-corrected chi connectivity index (χ1v) is 6.53. The van der Waals surface area contributed by atoms with Gasteiger partial charge in [-0.05, 0) is 12.8 Å². The van der Waals surface area contributed by atoms with Crippen LogP contribution < -0.4 is 0 Å². The third-order valence-electron chi connectivity index (χ3n) is 2.78. The molecule has 5 heteroatoms. The Labute approximate surface area is 109 Å². The van der Waals surface area contributed by atoms with Gasteiger partial charge >= 0.3 is 5.97 Å². The quantitative estimate of drug-likeness (QED) is 0.632. The summed E-state index contributed by atoms with van der Waals surface area (Å²) in [5.74, 6) is -0.604. The highest BCUT2D eigenvalue weighted by Crippen LogP contribution is 2.07. The molecule has 1 amide bonds. The second kappa shape index (κ2) is 9.88. The molecule has 0 aromatic rings. The number of carbonyl (C=O) groups excluding carboxylic acids is 2. The summed E-state index contributed by atoms with van der Waals surface area (Å²) in [7, 11) is 1.34. The second-order valence-corrected chi connectivity index (χ2v) is 4.44. The average Bonchev–Trinajstić information content (AvgIpc) is 2.39. The van der Waals surface area contributed by atoms with Crippen LogP contribution >= 0.6 is 0 Å². The second-order valence-electron chi connectivity index (χ2n) is 4.44. The highest BCUT2D eigenvalue weighted by molar-refractivity contribution is 5.77. The van der Waals surface area contributed by atoms with Gasteiger partial charge in [-0.25, -0.2) is 0 Å². The number of aliphatic hydroxyl groups excluding tert-OH is 1. The number of ether oxygens (including phenoxy) is 1. The maximum absolute atomic E-state index is 11.9. The number of rotatable bonds is 9. The number of hydrogen-bond acceptors (Lipinski definition) is 4. The van der Waals surface area contributed by atoms with Gasteiger partial charge in [0.25, 0.3) is 0 Å². The molecule has 0 fully saturated rings. The predicted molar refractivity (Wildman–Crippen MR) is 69.0 cm³/mol. The Bertz CT molecular complexity index is 255. The summed E-state index contributed by atoms with van der Waals surface area (Å²) in [6.07, 6.45) is 2.84. The van der Waals surface area contributed by atoms with E-state index in [-0.39, 0.29) is 24.4 Å². The van der Waals surface area contributed by atoms with Crippen molar-refractivity contribution in [3.63, 3.8) is 0 Å². The van der Waals surface area contributed by atoms with Crippen molar-refractivity contribution < 1.29 is 19.4 Å². The van der Waals surface area contributed by atoms with E-state index < -0.39 is 0 Å². The topological polar surface area (TPSA) is 66.8 Å². The van der Waals surface area contributed by atoms with Crippen LogP contribution in [0.4, 0.5) is 0 Å². The van der Waals surface area contributed by atoms with Crippen LogP contribution in [-0.4, -0.2) is 48.7 Å². The Hall–Kier alpha value is -1.10. The zero-order chi connectivity index (χ0) is 14.0. The first-order valence-electron chi connectivity index (χ1n) is 6.53. The molecule has 0 rings (SSSR count). The molecule has 0 aliphatic heterocycles. The van der Waals surface area contributed by atoms with Crippen LogP contribution in [-0.2, 0) is 14.3 Å². The molecule has 0 radical (unpaired) electrons. The molecule has 0 aliphatic carbocycles. The fraction of sp³-hybridized carbons (Fsp3) is 0.846. The number of hydrogen-bond donors (Lipinski definition) is 1. The van der Waals surface area contributed by atoms with Crippen molar-refractivity contribution in [1.82, 2.24) is 4.90 Å². The van der Waals surface area contributed by atoms with Gasteiger partial charge in [-0.2, -0.15) is 0 Å². The van der Waals surface area contributed by atoms with Gasteiger partial charge in [0, 0.05) is 26.1 Å². The van der Waals surface area contributed by atoms with Crippen molar-refractivity contribution in [3.8, 4) is 0 Å². The lowest BCUT2D eigenvalue weighted by Crippen LogP contribution is -2.38. The van der Waals surface area contributed by atoms with E-state index in [2.05, 4.69) is 4.74 Å². The Morgan fingerprint density at radius 2 is 2.00 bits per heavy atom. The van der Waals surface area contributed by atoms with Gasteiger partial charge in [-0.15, -0.1) is 0 Å². The van der Waals surface area contributed by atoms with Crippen molar-refractivity contribution in [2.75, 3.05) is 26.8 Å². The summed E-state index contributed by atoms with van der Waals surface area (Å²) >= 11 is 0. The molecule has 0 aromatic carbocycles. The highest BCUT2D eigenvalue weighted by Gasteiger charge is 2.20. The Balaban J connectivity index is 4.37. The maximum Gasteiger partial charge on any atom is 0.310 e. The van der Waals surface area contributed by atoms with Crippen LogP contribution in [0.3, 0.4) is 0 Å². The minimum absolute atomic E-state index is 0.0426. The monoisotopic (exact) mass is 259 g/mol. The van der Waals surface area contributed by atoms with Crippen molar-refractivity contribution in [3.05, 3.63) is 0 Å². The first kappa shape index (κ1) is 16.9. The summed E-state index contributed by atoms with van der Waals surface area (Å²) in [4.78, 5) is 24.9. The lowest BCUT2D eigenvalue weighted by molar-refractivity contribution is -0.146. The molecule has 0 saturated carbocycles. The van der Waals surface area contributed by atoms with Crippen LogP contribution in [0.15, 0.2) is 0 Å². The molecule has 0 aliphatic rings. The molecule has 0 heterocycles. The molecule has 0 saturated heterocycles. The Morgan fingerprint density at radius 1 is 1.33 bits per heavy atom. The molecule has 0 spiro atoms. The van der Waals surface area contributed by atoms with E-state index in [4.69, 9.17) is 5.11 Å². The summed E-state index contributed by atoms with van der Waals surface area (Å²) in [6.45, 7) is 4.66. The van der Waals surface area contributed by atoms with E-state index >= 15 is 0 Å². The Kier molecular flexibility index (Phi) is 9.28. The fourth-order valence-corrected chi connectivity index (χ4v) is 1.67. The third-order valence-corrected chi connectivity index (χ3v) is 2.78. The van der Waals surface area contributed by atoms with Crippen LogP contribution in [0.1, 0.15) is 39.5 Å². The van der Waals surface area contributed by atoms with E-state index in [0.717, 1.165) is 12.8 Å². The summed E-state index contributed by atoms with van der Waals surface area (Å²) in [5.41, 5.74) is 0. The smallest absolute Gasteiger partial charge is 0.310 e. The molecule has 1 atom stereocenters. The number of methoxy groups -OCH3 is 1. The van der Waals surface area contributed by atoms with E-state index in [1.165, 1.54) is 7.11 Å². The molecular formula is C13H25NO4. The van der Waals surface area contributed by atoms with E-state index in [1.54, 1.807) is 11.8 Å². The standard InChI is InChI=1S/C13H25NO4/c1-4-5-7-12(16)14(8-6-9-15)10-11(2)13(17)18-3/h11,15H,4-10H2,1-3H3. The average molecular weight is 259 g/mol. The van der Waals surface area contributed by atoms with Gasteiger partial charge < -0.3 is 14.7 Å². The summed E-state index contributed by atoms with van der Waals surface area (Å²) in [5, 5.41) is 8.83. The largest absolute Gasteiger partial charge is 0.469 e. The van der Waals surface area contributed by atoms with Crippen molar-refractivity contribution in [2.45, 2.75) is 39.5 Å². The van der Waals surface area contributed by atoms with Gasteiger partial charge in [0.15, 0.2) is 0 Å². The normalized spacial score (nSPS) is 12.0. The number of unbranched alkanes of at least 4 members (excludes halogenated alkanes) is 1. The van der Waals surface area contributed by atoms with Gasteiger partial charge in [-0.3, -0.25) is 9.59 Å². The molecule has 0 bridgehead atoms. The minimum atomic E-state index is -0.334. The van der Waals surface area contributed by atoms with E-state index in [9.17, 15) is 9.59 Å².